The van der Waals surface area contributed by atoms with Gasteiger partial charge in [0.1, 0.15) is 0 Å². The molecular weight excluding hydrogens is 429 g/mol. The van der Waals surface area contributed by atoms with E-state index in [1.54, 1.807) is 7.05 Å². The minimum Gasteiger partial charge on any atom is -0.379 e. The van der Waals surface area contributed by atoms with Gasteiger partial charge in [-0.3, -0.25) is 14.7 Å². The number of rotatable bonds is 7. The summed E-state index contributed by atoms with van der Waals surface area (Å²) in [6.45, 7) is 4.79. The zero-order valence-electron chi connectivity index (χ0n) is 14.0. The van der Waals surface area contributed by atoms with Crippen molar-refractivity contribution in [3.8, 4) is 0 Å². The first kappa shape index (κ1) is 20.9. The van der Waals surface area contributed by atoms with Crippen LogP contribution in [-0.2, 0) is 14.3 Å². The first-order valence-electron chi connectivity index (χ1n) is 7.85. The molecule has 2 unspecified atom stereocenters. The average Bonchev–Trinajstić information content (AvgIpc) is 3.16. The van der Waals surface area contributed by atoms with Crippen LogP contribution >= 0.6 is 24.0 Å². The van der Waals surface area contributed by atoms with Crippen LogP contribution in [0.25, 0.3) is 0 Å². The van der Waals surface area contributed by atoms with Gasteiger partial charge in [-0.25, -0.2) is 4.79 Å². The molecule has 10 heteroatoms. The number of hydrogen-bond acceptors (Lipinski definition) is 5. The number of nitrogens with zero attached hydrogens (tertiary/aromatic N) is 2. The van der Waals surface area contributed by atoms with Crippen LogP contribution in [0, 0.1) is 0 Å². The highest BCUT2D eigenvalue weighted by atomic mass is 127. The molecule has 0 saturated carbocycles. The van der Waals surface area contributed by atoms with Gasteiger partial charge in [-0.05, 0) is 13.3 Å². The average molecular weight is 455 g/mol. The second-order valence-corrected chi connectivity index (χ2v) is 5.57. The van der Waals surface area contributed by atoms with Crippen molar-refractivity contribution in [2.75, 3.05) is 46.5 Å². The fourth-order valence-corrected chi connectivity index (χ4v) is 2.36. The Morgan fingerprint density at radius 3 is 2.92 bits per heavy atom. The van der Waals surface area contributed by atoms with Gasteiger partial charge in [0, 0.05) is 32.8 Å². The molecule has 2 saturated heterocycles. The van der Waals surface area contributed by atoms with Crippen LogP contribution in [-0.4, -0.2) is 81.4 Å². The number of carbonyl (C=O) groups is 2. The first-order valence-corrected chi connectivity index (χ1v) is 7.85. The van der Waals surface area contributed by atoms with E-state index in [-0.39, 0.29) is 54.6 Å². The van der Waals surface area contributed by atoms with Crippen LogP contribution in [0.5, 0.6) is 0 Å². The van der Waals surface area contributed by atoms with Crippen molar-refractivity contribution >= 4 is 41.9 Å². The lowest BCUT2D eigenvalue weighted by molar-refractivity contribution is -0.124. The molecule has 0 aliphatic carbocycles. The highest BCUT2D eigenvalue weighted by Crippen LogP contribution is 2.08. The van der Waals surface area contributed by atoms with Gasteiger partial charge in [-0.2, -0.15) is 0 Å². The maximum absolute atomic E-state index is 11.5. The third kappa shape index (κ3) is 6.40. The summed E-state index contributed by atoms with van der Waals surface area (Å²) in [5, 5.41) is 8.77. The molecule has 2 heterocycles. The van der Waals surface area contributed by atoms with Gasteiger partial charge < -0.3 is 25.4 Å². The fourth-order valence-electron chi connectivity index (χ4n) is 2.36. The molecule has 0 bridgehead atoms. The lowest BCUT2D eigenvalue weighted by atomic mass is 10.3. The molecule has 2 aliphatic rings. The molecule has 24 heavy (non-hydrogen) atoms. The predicted molar refractivity (Wildman–Crippen MR) is 99.7 cm³/mol. The van der Waals surface area contributed by atoms with Crippen molar-refractivity contribution in [3.63, 3.8) is 0 Å². The zero-order chi connectivity index (χ0) is 16.7. The van der Waals surface area contributed by atoms with Gasteiger partial charge in [-0.15, -0.1) is 24.0 Å². The molecular formula is C14H26IN5O4. The Morgan fingerprint density at radius 2 is 2.33 bits per heavy atom. The van der Waals surface area contributed by atoms with Gasteiger partial charge in [-0.1, -0.05) is 0 Å². The molecule has 2 rings (SSSR count). The molecule has 0 radical (unpaired) electrons. The lowest BCUT2D eigenvalue weighted by Gasteiger charge is -2.20. The smallest absolute Gasteiger partial charge is 0.324 e. The van der Waals surface area contributed by atoms with Gasteiger partial charge in [0.2, 0.25) is 5.91 Å². The monoisotopic (exact) mass is 455 g/mol. The van der Waals surface area contributed by atoms with Gasteiger partial charge in [0.25, 0.3) is 0 Å². The number of imide groups is 1. The number of aliphatic imine (C=N–C) groups is 1. The lowest BCUT2D eigenvalue weighted by Crippen LogP contribution is -2.47. The Kier molecular flexibility index (Phi) is 9.29. The van der Waals surface area contributed by atoms with Crippen molar-refractivity contribution in [2.24, 2.45) is 4.99 Å². The van der Waals surface area contributed by atoms with E-state index in [1.165, 1.54) is 4.90 Å². The van der Waals surface area contributed by atoms with Crippen LogP contribution in [0.2, 0.25) is 0 Å². The van der Waals surface area contributed by atoms with E-state index in [2.05, 4.69) is 20.9 Å². The molecule has 2 aliphatic heterocycles. The summed E-state index contributed by atoms with van der Waals surface area (Å²) in [7, 11) is 1.67. The SMILES string of the molecule is CN=C(NCCN1C(=O)CNC1=O)NC(C)COC1CCOC1.I. The summed E-state index contributed by atoms with van der Waals surface area (Å²) in [5.41, 5.74) is 0. The molecule has 0 spiro atoms. The van der Waals surface area contributed by atoms with E-state index in [4.69, 9.17) is 9.47 Å². The molecule has 3 N–H and O–H groups in total. The minimum absolute atomic E-state index is 0. The summed E-state index contributed by atoms with van der Waals surface area (Å²) >= 11 is 0. The molecule has 2 atom stereocenters. The van der Waals surface area contributed by atoms with Crippen LogP contribution < -0.4 is 16.0 Å². The summed E-state index contributed by atoms with van der Waals surface area (Å²) in [4.78, 5) is 28.2. The number of guanidine groups is 1. The summed E-state index contributed by atoms with van der Waals surface area (Å²) < 4.78 is 11.0. The number of amides is 3. The van der Waals surface area contributed by atoms with Gasteiger partial charge in [0.05, 0.1) is 25.9 Å². The highest BCUT2D eigenvalue weighted by molar-refractivity contribution is 14.0. The molecule has 9 nitrogen and oxygen atoms in total. The number of ether oxygens (including phenoxy) is 2. The first-order chi connectivity index (χ1) is 11.1. The zero-order valence-corrected chi connectivity index (χ0v) is 16.4. The topological polar surface area (TPSA) is 104 Å². The minimum atomic E-state index is -0.347. The van der Waals surface area contributed by atoms with E-state index in [1.807, 2.05) is 6.92 Å². The summed E-state index contributed by atoms with van der Waals surface area (Å²) in [6, 6.07) is -0.265. The Morgan fingerprint density at radius 1 is 1.54 bits per heavy atom. The normalized spacial score (nSPS) is 22.2. The quantitative estimate of drug-likeness (QED) is 0.207. The highest BCUT2D eigenvalue weighted by Gasteiger charge is 2.27. The van der Waals surface area contributed by atoms with Crippen LogP contribution in [0.4, 0.5) is 4.79 Å². The molecule has 3 amide bonds. The van der Waals surface area contributed by atoms with Crippen LogP contribution in [0.15, 0.2) is 4.99 Å². The Balaban J connectivity index is 0.00000288. The van der Waals surface area contributed by atoms with E-state index < -0.39 is 0 Å². The van der Waals surface area contributed by atoms with Crippen molar-refractivity contribution in [1.82, 2.24) is 20.9 Å². The number of hydrogen-bond donors (Lipinski definition) is 3. The maximum Gasteiger partial charge on any atom is 0.324 e. The van der Waals surface area contributed by atoms with Crippen molar-refractivity contribution in [3.05, 3.63) is 0 Å². The van der Waals surface area contributed by atoms with Gasteiger partial charge >= 0.3 is 6.03 Å². The molecule has 0 aromatic rings. The van der Waals surface area contributed by atoms with Crippen molar-refractivity contribution in [2.45, 2.75) is 25.5 Å². The number of halogens is 1. The Bertz CT molecular complexity index is 440. The largest absolute Gasteiger partial charge is 0.379 e. The van der Waals surface area contributed by atoms with E-state index in [9.17, 15) is 9.59 Å². The van der Waals surface area contributed by atoms with Crippen molar-refractivity contribution in [1.29, 1.82) is 0 Å². The van der Waals surface area contributed by atoms with Gasteiger partial charge in [0.15, 0.2) is 5.96 Å². The molecule has 0 aromatic carbocycles. The third-order valence-electron chi connectivity index (χ3n) is 3.64. The maximum atomic E-state index is 11.5. The number of carbonyl (C=O) groups excluding carboxylic acids is 2. The second-order valence-electron chi connectivity index (χ2n) is 5.57. The summed E-state index contributed by atoms with van der Waals surface area (Å²) in [6.07, 6.45) is 1.11. The Labute approximate surface area is 158 Å². The number of urea groups is 1. The Hall–Kier alpha value is -1.14. The van der Waals surface area contributed by atoms with Crippen LogP contribution in [0.1, 0.15) is 13.3 Å². The predicted octanol–water partition coefficient (Wildman–Crippen LogP) is -0.485. The second kappa shape index (κ2) is 10.7. The van der Waals surface area contributed by atoms with E-state index >= 15 is 0 Å². The van der Waals surface area contributed by atoms with E-state index in [0.717, 1.165) is 13.0 Å². The molecule has 138 valence electrons. The fraction of sp³-hybridized carbons (Fsp3) is 0.786. The molecule has 2 fully saturated rings. The third-order valence-corrected chi connectivity index (χ3v) is 3.64. The number of nitrogens with one attached hydrogen (secondary N) is 3. The molecule has 0 aromatic heterocycles. The van der Waals surface area contributed by atoms with Crippen molar-refractivity contribution < 1.29 is 19.1 Å². The van der Waals surface area contributed by atoms with Crippen LogP contribution in [0.3, 0.4) is 0 Å². The summed E-state index contributed by atoms with van der Waals surface area (Å²) in [5.74, 6) is 0.399. The standard InChI is InChI=1S/C14H25N5O4.HI/c1-10(8-23-11-3-6-22-9-11)18-13(15-2)16-4-5-19-12(20)7-17-14(19)21;/h10-11H,3-9H2,1-2H3,(H,17,21)(H2,15,16,18);1H. The van der Waals surface area contributed by atoms with E-state index in [0.29, 0.717) is 32.3 Å².